The Labute approximate surface area is 64.7 Å². The van der Waals surface area contributed by atoms with Crippen LogP contribution in [-0.2, 0) is 0 Å². The van der Waals surface area contributed by atoms with Crippen LogP contribution in [0.1, 0.15) is 26.7 Å². The van der Waals surface area contributed by atoms with Crippen molar-refractivity contribution in [3.05, 3.63) is 12.7 Å². The van der Waals surface area contributed by atoms with Crippen molar-refractivity contribution in [2.24, 2.45) is 0 Å². The maximum absolute atomic E-state index is 3.70. The molecule has 0 saturated carbocycles. The highest BCUT2D eigenvalue weighted by Crippen LogP contribution is 1.92. The van der Waals surface area contributed by atoms with E-state index >= 15 is 0 Å². The lowest BCUT2D eigenvalue weighted by Crippen LogP contribution is -2.24. The van der Waals surface area contributed by atoms with Crippen LogP contribution in [0.5, 0.6) is 0 Å². The van der Waals surface area contributed by atoms with Gasteiger partial charge in [-0.15, -0.1) is 6.58 Å². The zero-order valence-electron chi connectivity index (χ0n) is 7.27. The van der Waals surface area contributed by atoms with Crippen LogP contribution in [-0.4, -0.2) is 24.5 Å². The Kier molecular flexibility index (Phi) is 6.61. The molecule has 0 N–H and O–H groups in total. The highest BCUT2D eigenvalue weighted by atomic mass is 15.1. The number of nitrogens with zero attached hydrogens (tertiary/aromatic N) is 1. The molecule has 1 nitrogen and oxygen atoms in total. The summed E-state index contributed by atoms with van der Waals surface area (Å²) in [5.41, 5.74) is 0. The first-order chi connectivity index (χ1) is 4.85. The molecule has 60 valence electrons. The topological polar surface area (TPSA) is 3.24 Å². The summed E-state index contributed by atoms with van der Waals surface area (Å²) in [6.07, 6.45) is 4.36. The fraction of sp³-hybridized carbons (Fsp3) is 0.778. The molecule has 0 atom stereocenters. The van der Waals surface area contributed by atoms with Gasteiger partial charge in [0, 0.05) is 6.54 Å². The van der Waals surface area contributed by atoms with Crippen molar-refractivity contribution >= 4 is 0 Å². The Morgan fingerprint density at radius 1 is 1.30 bits per heavy atom. The van der Waals surface area contributed by atoms with Gasteiger partial charge in [0.15, 0.2) is 0 Å². The van der Waals surface area contributed by atoms with Crippen molar-refractivity contribution in [1.82, 2.24) is 4.90 Å². The third-order valence-corrected chi connectivity index (χ3v) is 1.64. The van der Waals surface area contributed by atoms with E-state index in [0.29, 0.717) is 0 Å². The van der Waals surface area contributed by atoms with Crippen molar-refractivity contribution < 1.29 is 0 Å². The van der Waals surface area contributed by atoms with Crippen molar-refractivity contribution in [2.45, 2.75) is 26.7 Å². The molecule has 0 aliphatic carbocycles. The lowest BCUT2D eigenvalue weighted by atomic mass is 10.3. The second kappa shape index (κ2) is 6.81. The molecule has 0 spiro atoms. The molecular weight excluding hydrogens is 122 g/mol. The molecule has 10 heavy (non-hydrogen) atoms. The van der Waals surface area contributed by atoms with Crippen LogP contribution in [0.2, 0.25) is 0 Å². The summed E-state index contributed by atoms with van der Waals surface area (Å²) in [5, 5.41) is 0. The van der Waals surface area contributed by atoms with Gasteiger partial charge in [-0.05, 0) is 25.9 Å². The second-order valence-electron chi connectivity index (χ2n) is 2.51. The van der Waals surface area contributed by atoms with Gasteiger partial charge in [0.25, 0.3) is 0 Å². The molecule has 0 saturated heterocycles. The van der Waals surface area contributed by atoms with Gasteiger partial charge >= 0.3 is 0 Å². The van der Waals surface area contributed by atoms with Gasteiger partial charge in [0.05, 0.1) is 0 Å². The van der Waals surface area contributed by atoms with Gasteiger partial charge in [-0.3, -0.25) is 0 Å². The molecule has 1 heteroatoms. The molecule has 0 bridgehead atoms. The van der Waals surface area contributed by atoms with E-state index in [1.807, 2.05) is 6.08 Å². The van der Waals surface area contributed by atoms with E-state index in [1.54, 1.807) is 0 Å². The molecule has 0 aliphatic rings. The first-order valence-corrected chi connectivity index (χ1v) is 4.18. The van der Waals surface area contributed by atoms with Crippen molar-refractivity contribution in [1.29, 1.82) is 0 Å². The smallest absolute Gasteiger partial charge is 0.00157 e. The number of hydrogen-bond acceptors (Lipinski definition) is 1. The fourth-order valence-electron chi connectivity index (χ4n) is 1.02. The van der Waals surface area contributed by atoms with Crippen LogP contribution in [0.3, 0.4) is 0 Å². The summed E-state index contributed by atoms with van der Waals surface area (Å²) < 4.78 is 0. The van der Waals surface area contributed by atoms with Gasteiger partial charge in [0.2, 0.25) is 0 Å². The molecule has 0 aromatic rings. The summed E-state index contributed by atoms with van der Waals surface area (Å²) in [4.78, 5) is 2.45. The van der Waals surface area contributed by atoms with Crippen molar-refractivity contribution in [3.8, 4) is 0 Å². The Bertz CT molecular complexity index is 78.8. The quantitative estimate of drug-likeness (QED) is 0.513. The van der Waals surface area contributed by atoms with E-state index < -0.39 is 0 Å². The summed E-state index contributed by atoms with van der Waals surface area (Å²) in [7, 11) is 0. The number of rotatable bonds is 6. The molecule has 0 fully saturated rings. The third-order valence-electron chi connectivity index (χ3n) is 1.64. The van der Waals surface area contributed by atoms with E-state index in [2.05, 4.69) is 25.3 Å². The highest BCUT2D eigenvalue weighted by Gasteiger charge is 1.96. The Morgan fingerprint density at radius 3 is 2.40 bits per heavy atom. The molecule has 0 aliphatic heterocycles. The van der Waals surface area contributed by atoms with E-state index in [4.69, 9.17) is 0 Å². The summed E-state index contributed by atoms with van der Waals surface area (Å²) in [6.45, 7) is 11.7. The Balaban J connectivity index is 3.29. The zero-order valence-corrected chi connectivity index (χ0v) is 7.27. The zero-order chi connectivity index (χ0) is 7.82. The highest BCUT2D eigenvalue weighted by molar-refractivity contribution is 4.68. The third kappa shape index (κ3) is 4.57. The normalized spacial score (nSPS) is 10.3. The average Bonchev–Trinajstić information content (AvgIpc) is 1.98. The predicted molar refractivity (Wildman–Crippen MR) is 47.2 cm³/mol. The largest absolute Gasteiger partial charge is 0.303 e. The van der Waals surface area contributed by atoms with E-state index in [1.165, 1.54) is 26.1 Å². The molecule has 0 heterocycles. The molecule has 0 amide bonds. The maximum Gasteiger partial charge on any atom is 0.00157 e. The van der Waals surface area contributed by atoms with E-state index in [0.717, 1.165) is 6.42 Å². The minimum absolute atomic E-state index is 1.12. The van der Waals surface area contributed by atoms with Gasteiger partial charge < -0.3 is 4.90 Å². The molecular formula is C9H19N. The summed E-state index contributed by atoms with van der Waals surface area (Å²) in [6, 6.07) is 0. The van der Waals surface area contributed by atoms with Crippen LogP contribution in [0.4, 0.5) is 0 Å². The van der Waals surface area contributed by atoms with Crippen LogP contribution < -0.4 is 0 Å². The monoisotopic (exact) mass is 141 g/mol. The first kappa shape index (κ1) is 9.70. The van der Waals surface area contributed by atoms with Gasteiger partial charge in [-0.1, -0.05) is 19.9 Å². The molecule has 0 unspecified atom stereocenters. The van der Waals surface area contributed by atoms with Gasteiger partial charge in [-0.2, -0.15) is 0 Å². The fourth-order valence-corrected chi connectivity index (χ4v) is 1.02. The first-order valence-electron chi connectivity index (χ1n) is 4.18. The predicted octanol–water partition coefficient (Wildman–Crippen LogP) is 2.29. The van der Waals surface area contributed by atoms with Crippen LogP contribution in [0.15, 0.2) is 12.7 Å². The van der Waals surface area contributed by atoms with Gasteiger partial charge in [0.1, 0.15) is 0 Å². The minimum atomic E-state index is 1.12. The summed E-state index contributed by atoms with van der Waals surface area (Å²) >= 11 is 0. The Morgan fingerprint density at radius 2 is 2.00 bits per heavy atom. The average molecular weight is 141 g/mol. The molecule has 0 radical (unpaired) electrons. The van der Waals surface area contributed by atoms with Gasteiger partial charge in [-0.25, -0.2) is 0 Å². The van der Waals surface area contributed by atoms with Crippen molar-refractivity contribution in [3.63, 3.8) is 0 Å². The van der Waals surface area contributed by atoms with Crippen LogP contribution >= 0.6 is 0 Å². The lowest BCUT2D eigenvalue weighted by molar-refractivity contribution is 0.294. The maximum atomic E-state index is 3.70. The van der Waals surface area contributed by atoms with E-state index in [9.17, 15) is 0 Å². The second-order valence-corrected chi connectivity index (χ2v) is 2.51. The Hall–Kier alpha value is -0.300. The summed E-state index contributed by atoms with van der Waals surface area (Å²) in [5.74, 6) is 0. The molecule has 0 aromatic carbocycles. The van der Waals surface area contributed by atoms with Crippen molar-refractivity contribution in [2.75, 3.05) is 19.6 Å². The molecule has 0 aromatic heterocycles. The minimum Gasteiger partial charge on any atom is -0.303 e. The molecule has 0 rings (SSSR count). The van der Waals surface area contributed by atoms with Crippen LogP contribution in [0, 0.1) is 0 Å². The van der Waals surface area contributed by atoms with E-state index in [-0.39, 0.29) is 0 Å². The SMILES string of the molecule is C=CCCN(CC)CCC. The standard InChI is InChI=1S/C9H19N/c1-4-7-9-10(6-3)8-5-2/h4H,1,5-9H2,2-3H3. The lowest BCUT2D eigenvalue weighted by Gasteiger charge is -2.17. The number of hydrogen-bond donors (Lipinski definition) is 0. The van der Waals surface area contributed by atoms with Crippen LogP contribution in [0.25, 0.3) is 0 Å².